The zero-order chi connectivity index (χ0) is 19.9. The zero-order valence-corrected chi connectivity index (χ0v) is 20.7. The van der Waals surface area contributed by atoms with Crippen molar-refractivity contribution in [3.05, 3.63) is 52.7 Å². The molecule has 0 amide bonds. The van der Waals surface area contributed by atoms with E-state index in [1.807, 2.05) is 18.4 Å². The number of halogens is 1. The van der Waals surface area contributed by atoms with Crippen LogP contribution in [0.5, 0.6) is 0 Å². The molecule has 0 aliphatic carbocycles. The van der Waals surface area contributed by atoms with Crippen molar-refractivity contribution in [1.29, 1.82) is 0 Å². The number of thiophene rings is 1. The molecule has 2 aliphatic heterocycles. The fraction of sp³-hybridized carbons (Fsp3) is 0.500. The number of para-hydroxylation sites is 1. The molecular formula is C22H32IN5OS. The van der Waals surface area contributed by atoms with Gasteiger partial charge in [-0.1, -0.05) is 24.3 Å². The van der Waals surface area contributed by atoms with Gasteiger partial charge in [-0.3, -0.25) is 9.89 Å². The van der Waals surface area contributed by atoms with E-state index in [4.69, 9.17) is 4.74 Å². The number of morpholine rings is 1. The Balaban J connectivity index is 0.00000256. The van der Waals surface area contributed by atoms with Gasteiger partial charge in [0.25, 0.3) is 0 Å². The second-order valence-electron chi connectivity index (χ2n) is 7.42. The molecule has 0 radical (unpaired) electrons. The lowest BCUT2D eigenvalue weighted by molar-refractivity contribution is 0.0176. The van der Waals surface area contributed by atoms with E-state index in [-0.39, 0.29) is 24.0 Å². The van der Waals surface area contributed by atoms with Gasteiger partial charge in [-0.05, 0) is 23.6 Å². The average Bonchev–Trinajstić information content (AvgIpc) is 3.33. The molecule has 3 heterocycles. The Bertz CT molecular complexity index is 759. The summed E-state index contributed by atoms with van der Waals surface area (Å²) in [7, 11) is 1.89. The minimum absolute atomic E-state index is 0. The summed E-state index contributed by atoms with van der Waals surface area (Å²) in [5.41, 5.74) is 1.31. The second-order valence-corrected chi connectivity index (χ2v) is 8.40. The number of piperazine rings is 1. The normalized spacial score (nSPS) is 19.3. The third kappa shape index (κ3) is 5.87. The number of nitrogens with one attached hydrogen (secondary N) is 1. The highest BCUT2D eigenvalue weighted by atomic mass is 127. The maximum Gasteiger partial charge on any atom is 0.193 e. The van der Waals surface area contributed by atoms with E-state index in [1.54, 1.807) is 0 Å². The number of hydrogen-bond donors (Lipinski definition) is 1. The van der Waals surface area contributed by atoms with Crippen LogP contribution in [0.25, 0.3) is 0 Å². The first-order chi connectivity index (χ1) is 14.3. The number of hydrogen-bond acceptors (Lipinski definition) is 5. The molecule has 2 saturated heterocycles. The van der Waals surface area contributed by atoms with Crippen molar-refractivity contribution in [2.45, 2.75) is 6.04 Å². The number of anilines is 1. The van der Waals surface area contributed by atoms with E-state index in [2.05, 4.69) is 72.9 Å². The molecule has 2 fully saturated rings. The molecule has 8 heteroatoms. The predicted molar refractivity (Wildman–Crippen MR) is 136 cm³/mol. The van der Waals surface area contributed by atoms with Gasteiger partial charge in [0.2, 0.25) is 0 Å². The van der Waals surface area contributed by atoms with Gasteiger partial charge in [-0.2, -0.15) is 0 Å². The van der Waals surface area contributed by atoms with Crippen molar-refractivity contribution < 1.29 is 4.74 Å². The predicted octanol–water partition coefficient (Wildman–Crippen LogP) is 3.14. The monoisotopic (exact) mass is 541 g/mol. The molecule has 2 aromatic rings. The van der Waals surface area contributed by atoms with Crippen LogP contribution in [0.4, 0.5) is 5.69 Å². The minimum atomic E-state index is 0. The number of ether oxygens (including phenoxy) is 1. The fourth-order valence-electron chi connectivity index (χ4n) is 4.12. The first-order valence-electron chi connectivity index (χ1n) is 10.5. The number of nitrogens with zero attached hydrogens (tertiary/aromatic N) is 4. The highest BCUT2D eigenvalue weighted by Gasteiger charge is 2.25. The average molecular weight is 542 g/mol. The summed E-state index contributed by atoms with van der Waals surface area (Å²) in [6.45, 7) is 8.47. The minimum Gasteiger partial charge on any atom is -0.379 e. The van der Waals surface area contributed by atoms with Gasteiger partial charge in [0.1, 0.15) is 0 Å². The Morgan fingerprint density at radius 3 is 2.40 bits per heavy atom. The van der Waals surface area contributed by atoms with Crippen LogP contribution in [0.3, 0.4) is 0 Å². The number of guanidine groups is 1. The van der Waals surface area contributed by atoms with Gasteiger partial charge >= 0.3 is 0 Å². The van der Waals surface area contributed by atoms with Crippen LogP contribution in [0.1, 0.15) is 10.9 Å². The maximum atomic E-state index is 5.56. The summed E-state index contributed by atoms with van der Waals surface area (Å²) in [5.74, 6) is 1.01. The summed E-state index contributed by atoms with van der Waals surface area (Å²) < 4.78 is 5.56. The van der Waals surface area contributed by atoms with Crippen LogP contribution < -0.4 is 10.2 Å². The standard InChI is InChI=1S/C22H31N5OS.HI/c1-23-22(27-11-9-25(10-12-27)19-6-3-2-4-7-19)24-18-20(21-8-5-17-29-21)26-13-15-28-16-14-26;/h2-8,17,20H,9-16,18H2,1H3,(H,23,24);1H. The van der Waals surface area contributed by atoms with Crippen LogP contribution in [0.15, 0.2) is 52.8 Å². The summed E-state index contributed by atoms with van der Waals surface area (Å²) in [6, 6.07) is 15.4. The van der Waals surface area contributed by atoms with E-state index in [0.717, 1.165) is 65.0 Å². The molecule has 0 spiro atoms. The van der Waals surface area contributed by atoms with Gasteiger partial charge in [0.05, 0.1) is 19.3 Å². The Hall–Kier alpha value is -1.36. The number of aliphatic imine (C=N–C) groups is 1. The molecule has 1 N–H and O–H groups in total. The lowest BCUT2D eigenvalue weighted by Gasteiger charge is -2.39. The van der Waals surface area contributed by atoms with E-state index >= 15 is 0 Å². The van der Waals surface area contributed by atoms with Crippen molar-refractivity contribution >= 4 is 47.0 Å². The van der Waals surface area contributed by atoms with E-state index in [1.165, 1.54) is 10.6 Å². The van der Waals surface area contributed by atoms with Crippen LogP contribution in [0, 0.1) is 0 Å². The first kappa shape index (κ1) is 23.3. The molecule has 0 bridgehead atoms. The van der Waals surface area contributed by atoms with Crippen molar-refractivity contribution in [2.24, 2.45) is 4.99 Å². The van der Waals surface area contributed by atoms with Crippen LogP contribution in [-0.4, -0.2) is 81.8 Å². The molecule has 30 heavy (non-hydrogen) atoms. The SMILES string of the molecule is CN=C(NCC(c1cccs1)N1CCOCC1)N1CCN(c2ccccc2)CC1.I. The largest absolute Gasteiger partial charge is 0.379 e. The molecule has 1 unspecified atom stereocenters. The highest BCUT2D eigenvalue weighted by molar-refractivity contribution is 14.0. The number of benzene rings is 1. The molecule has 1 aromatic carbocycles. The maximum absolute atomic E-state index is 5.56. The molecule has 1 atom stereocenters. The quantitative estimate of drug-likeness (QED) is 0.358. The van der Waals surface area contributed by atoms with Gasteiger partial charge in [-0.15, -0.1) is 35.3 Å². The zero-order valence-electron chi connectivity index (χ0n) is 17.6. The molecule has 6 nitrogen and oxygen atoms in total. The topological polar surface area (TPSA) is 43.3 Å². The van der Waals surface area contributed by atoms with Crippen molar-refractivity contribution in [2.75, 3.05) is 71.0 Å². The Kier molecular flexibility index (Phi) is 9.23. The van der Waals surface area contributed by atoms with Crippen molar-refractivity contribution in [1.82, 2.24) is 15.1 Å². The van der Waals surface area contributed by atoms with E-state index in [0.29, 0.717) is 6.04 Å². The molecule has 164 valence electrons. The van der Waals surface area contributed by atoms with E-state index < -0.39 is 0 Å². The van der Waals surface area contributed by atoms with E-state index in [9.17, 15) is 0 Å². The first-order valence-corrected chi connectivity index (χ1v) is 11.3. The lowest BCUT2D eigenvalue weighted by Crippen LogP contribution is -2.54. The van der Waals surface area contributed by atoms with Crippen molar-refractivity contribution in [3.8, 4) is 0 Å². The Labute approximate surface area is 200 Å². The lowest BCUT2D eigenvalue weighted by atomic mass is 10.2. The highest BCUT2D eigenvalue weighted by Crippen LogP contribution is 2.25. The van der Waals surface area contributed by atoms with Gasteiger partial charge in [-0.25, -0.2) is 0 Å². The third-order valence-corrected chi connectivity index (χ3v) is 6.70. The summed E-state index contributed by atoms with van der Waals surface area (Å²) >= 11 is 1.83. The van der Waals surface area contributed by atoms with Gasteiger partial charge in [0, 0.05) is 63.4 Å². The van der Waals surface area contributed by atoms with Crippen LogP contribution >= 0.6 is 35.3 Å². The molecule has 4 rings (SSSR count). The van der Waals surface area contributed by atoms with Crippen LogP contribution in [0.2, 0.25) is 0 Å². The second kappa shape index (κ2) is 11.9. The Morgan fingerprint density at radius 1 is 1.03 bits per heavy atom. The third-order valence-electron chi connectivity index (χ3n) is 5.72. The van der Waals surface area contributed by atoms with Crippen molar-refractivity contribution in [3.63, 3.8) is 0 Å². The summed E-state index contributed by atoms with van der Waals surface area (Å²) in [6.07, 6.45) is 0. The fourth-order valence-corrected chi connectivity index (χ4v) is 4.98. The smallest absolute Gasteiger partial charge is 0.193 e. The number of rotatable bonds is 5. The Morgan fingerprint density at radius 2 is 1.77 bits per heavy atom. The van der Waals surface area contributed by atoms with Gasteiger partial charge in [0.15, 0.2) is 5.96 Å². The molecule has 1 aromatic heterocycles. The van der Waals surface area contributed by atoms with Gasteiger partial charge < -0.3 is 19.9 Å². The molecule has 0 saturated carbocycles. The summed E-state index contributed by atoms with van der Waals surface area (Å²) in [4.78, 5) is 13.3. The van der Waals surface area contributed by atoms with Crippen LogP contribution in [-0.2, 0) is 4.74 Å². The molecular weight excluding hydrogens is 509 g/mol. The summed E-state index contributed by atoms with van der Waals surface area (Å²) in [5, 5.41) is 5.83. The molecule has 2 aliphatic rings.